The number of halogens is 6. The smallest absolute Gasteiger partial charge is 0.370 e. The van der Waals surface area contributed by atoms with Gasteiger partial charge in [0.2, 0.25) is 0 Å². The predicted molar refractivity (Wildman–Crippen MR) is 62.6 cm³/mol. The van der Waals surface area contributed by atoms with E-state index in [0.29, 0.717) is 12.6 Å². The number of rotatable bonds is 5. The molecule has 9 heteroatoms. The molecule has 0 aliphatic carbocycles. The molecule has 0 bridgehead atoms. The summed E-state index contributed by atoms with van der Waals surface area (Å²) in [5.41, 5.74) is -0.974. The summed E-state index contributed by atoms with van der Waals surface area (Å²) >= 11 is 0. The van der Waals surface area contributed by atoms with Gasteiger partial charge in [0.25, 0.3) is 0 Å². The first-order valence-electron chi connectivity index (χ1n) is 5.75. The van der Waals surface area contributed by atoms with E-state index < -0.39 is 30.9 Å². The van der Waals surface area contributed by atoms with E-state index in [1.165, 1.54) is 0 Å². The third-order valence-corrected chi connectivity index (χ3v) is 2.23. The number of pyridine rings is 1. The van der Waals surface area contributed by atoms with E-state index in [1.54, 1.807) is 6.92 Å². The van der Waals surface area contributed by atoms with Gasteiger partial charge < -0.3 is 10.6 Å². The fraction of sp³-hybridized carbons (Fsp3) is 0.545. The minimum absolute atomic E-state index is 0.0446. The van der Waals surface area contributed by atoms with E-state index in [9.17, 15) is 26.3 Å². The van der Waals surface area contributed by atoms with Crippen molar-refractivity contribution in [2.24, 2.45) is 0 Å². The van der Waals surface area contributed by atoms with Gasteiger partial charge in [0.15, 0.2) is 0 Å². The zero-order valence-electron chi connectivity index (χ0n) is 10.5. The molecule has 0 aliphatic rings. The number of alkyl halides is 6. The van der Waals surface area contributed by atoms with Gasteiger partial charge in [0, 0.05) is 13.1 Å². The Kier molecular flexibility index (Phi) is 5.07. The molecule has 1 aromatic heterocycles. The topological polar surface area (TPSA) is 37.0 Å². The van der Waals surface area contributed by atoms with Crippen molar-refractivity contribution in [1.82, 2.24) is 4.98 Å². The first-order chi connectivity index (χ1) is 9.12. The number of nitrogens with one attached hydrogen (secondary N) is 2. The lowest BCUT2D eigenvalue weighted by molar-refractivity contribution is -0.137. The van der Waals surface area contributed by atoms with Crippen molar-refractivity contribution in [3.63, 3.8) is 0 Å². The molecule has 1 aromatic rings. The van der Waals surface area contributed by atoms with Gasteiger partial charge in [-0.3, -0.25) is 0 Å². The normalized spacial score (nSPS) is 12.3. The fourth-order valence-electron chi connectivity index (χ4n) is 1.39. The summed E-state index contributed by atoms with van der Waals surface area (Å²) < 4.78 is 73.8. The molecule has 0 unspecified atom stereocenters. The average Bonchev–Trinajstić information content (AvgIpc) is 2.26. The van der Waals surface area contributed by atoms with Crippen LogP contribution >= 0.6 is 0 Å². The molecular formula is C11H13F6N3. The Bertz CT molecular complexity index is 441. The molecule has 0 saturated carbocycles. The summed E-state index contributed by atoms with van der Waals surface area (Å²) in [6.45, 7) is 1.47. The maximum absolute atomic E-state index is 12.6. The summed E-state index contributed by atoms with van der Waals surface area (Å²) in [6.07, 6.45) is -10.1. The zero-order chi connectivity index (χ0) is 15.4. The predicted octanol–water partition coefficient (Wildman–Crippen LogP) is 3.90. The molecule has 3 nitrogen and oxygen atoms in total. The molecule has 0 atom stereocenters. The van der Waals surface area contributed by atoms with Gasteiger partial charge in [-0.15, -0.1) is 0 Å². The van der Waals surface area contributed by atoms with E-state index in [2.05, 4.69) is 15.6 Å². The summed E-state index contributed by atoms with van der Waals surface area (Å²) in [6, 6.07) is 1.48. The SMILES string of the molecule is CCNc1cc(C(F)(F)F)cc(NCCC(F)(F)F)n1. The summed E-state index contributed by atoms with van der Waals surface area (Å²) in [4.78, 5) is 3.77. The molecule has 20 heavy (non-hydrogen) atoms. The molecule has 0 aromatic carbocycles. The summed E-state index contributed by atoms with van der Waals surface area (Å²) in [7, 11) is 0. The van der Waals surface area contributed by atoms with E-state index in [4.69, 9.17) is 0 Å². The Morgan fingerprint density at radius 3 is 2.00 bits per heavy atom. The van der Waals surface area contributed by atoms with E-state index >= 15 is 0 Å². The van der Waals surface area contributed by atoms with Crippen molar-refractivity contribution < 1.29 is 26.3 Å². The Labute approximate surface area is 111 Å². The van der Waals surface area contributed by atoms with E-state index in [1.807, 2.05) is 0 Å². The van der Waals surface area contributed by atoms with Crippen LogP contribution in [0.5, 0.6) is 0 Å². The maximum atomic E-state index is 12.6. The van der Waals surface area contributed by atoms with Crippen LogP contribution in [0, 0.1) is 0 Å². The third-order valence-electron chi connectivity index (χ3n) is 2.23. The molecule has 0 aliphatic heterocycles. The molecule has 1 heterocycles. The van der Waals surface area contributed by atoms with Gasteiger partial charge in [-0.2, -0.15) is 26.3 Å². The third kappa shape index (κ3) is 5.54. The lowest BCUT2D eigenvalue weighted by Gasteiger charge is -2.13. The number of aromatic nitrogens is 1. The van der Waals surface area contributed by atoms with Crippen LogP contribution in [0.3, 0.4) is 0 Å². The second kappa shape index (κ2) is 6.19. The first kappa shape index (κ1) is 16.4. The van der Waals surface area contributed by atoms with Crippen molar-refractivity contribution in [1.29, 1.82) is 0 Å². The van der Waals surface area contributed by atoms with E-state index in [-0.39, 0.29) is 11.6 Å². The zero-order valence-corrected chi connectivity index (χ0v) is 10.5. The number of hydrogen-bond acceptors (Lipinski definition) is 3. The van der Waals surface area contributed by atoms with E-state index in [0.717, 1.165) is 6.07 Å². The van der Waals surface area contributed by atoms with Crippen LogP contribution in [0.15, 0.2) is 12.1 Å². The monoisotopic (exact) mass is 301 g/mol. The molecule has 0 fully saturated rings. The van der Waals surface area contributed by atoms with Gasteiger partial charge in [0.1, 0.15) is 11.6 Å². The lowest BCUT2D eigenvalue weighted by Crippen LogP contribution is -2.16. The second-order valence-corrected chi connectivity index (χ2v) is 3.95. The highest BCUT2D eigenvalue weighted by Crippen LogP contribution is 2.32. The first-order valence-corrected chi connectivity index (χ1v) is 5.75. The largest absolute Gasteiger partial charge is 0.416 e. The van der Waals surface area contributed by atoms with Gasteiger partial charge in [-0.25, -0.2) is 4.98 Å². The Morgan fingerprint density at radius 2 is 1.55 bits per heavy atom. The fourth-order valence-corrected chi connectivity index (χ4v) is 1.39. The van der Waals surface area contributed by atoms with Crippen molar-refractivity contribution in [3.05, 3.63) is 17.7 Å². The standard InChI is InChI=1S/C11H13F6N3/c1-2-18-8-5-7(11(15,16)17)6-9(20-8)19-4-3-10(12,13)14/h5-6H,2-4H2,1H3,(H2,18,19,20). The van der Waals surface area contributed by atoms with Crippen molar-refractivity contribution in [3.8, 4) is 0 Å². The Morgan fingerprint density at radius 1 is 1.00 bits per heavy atom. The highest BCUT2D eigenvalue weighted by Gasteiger charge is 2.32. The van der Waals surface area contributed by atoms with Crippen LogP contribution in [0.4, 0.5) is 38.0 Å². The lowest BCUT2D eigenvalue weighted by atomic mass is 10.2. The number of nitrogens with zero attached hydrogens (tertiary/aromatic N) is 1. The maximum Gasteiger partial charge on any atom is 0.416 e. The molecule has 0 radical (unpaired) electrons. The van der Waals surface area contributed by atoms with Crippen molar-refractivity contribution >= 4 is 11.6 Å². The molecule has 0 spiro atoms. The Balaban J connectivity index is 2.86. The van der Waals surface area contributed by atoms with Crippen LogP contribution < -0.4 is 10.6 Å². The highest BCUT2D eigenvalue weighted by atomic mass is 19.4. The van der Waals surface area contributed by atoms with Crippen LogP contribution in [0.2, 0.25) is 0 Å². The molecule has 0 amide bonds. The highest BCUT2D eigenvalue weighted by molar-refractivity contribution is 5.49. The summed E-state index contributed by atoms with van der Waals surface area (Å²) in [5, 5.41) is 4.84. The molecule has 0 saturated heterocycles. The van der Waals surface area contributed by atoms with Crippen LogP contribution in [-0.4, -0.2) is 24.2 Å². The number of hydrogen-bond donors (Lipinski definition) is 2. The van der Waals surface area contributed by atoms with Crippen molar-refractivity contribution in [2.45, 2.75) is 25.7 Å². The summed E-state index contributed by atoms with van der Waals surface area (Å²) in [5.74, 6) is -0.295. The Hall–Kier alpha value is -1.67. The minimum atomic E-state index is -4.59. The van der Waals surface area contributed by atoms with Gasteiger partial charge in [0.05, 0.1) is 12.0 Å². The molecule has 114 valence electrons. The van der Waals surface area contributed by atoms with Crippen LogP contribution in [0.1, 0.15) is 18.9 Å². The quantitative estimate of drug-likeness (QED) is 0.810. The van der Waals surface area contributed by atoms with Gasteiger partial charge >= 0.3 is 12.4 Å². The molecule has 2 N–H and O–H groups in total. The van der Waals surface area contributed by atoms with Gasteiger partial charge in [-0.05, 0) is 19.1 Å². The average molecular weight is 301 g/mol. The second-order valence-electron chi connectivity index (χ2n) is 3.95. The van der Waals surface area contributed by atoms with Gasteiger partial charge in [-0.1, -0.05) is 0 Å². The van der Waals surface area contributed by atoms with Crippen LogP contribution in [0.25, 0.3) is 0 Å². The number of anilines is 2. The van der Waals surface area contributed by atoms with Crippen LogP contribution in [-0.2, 0) is 6.18 Å². The van der Waals surface area contributed by atoms with Crippen molar-refractivity contribution in [2.75, 3.05) is 23.7 Å². The molecule has 1 rings (SSSR count). The molecular weight excluding hydrogens is 288 g/mol. The minimum Gasteiger partial charge on any atom is -0.370 e.